The van der Waals surface area contributed by atoms with Crippen LogP contribution in [0.2, 0.25) is 0 Å². The predicted molar refractivity (Wildman–Crippen MR) is 220 cm³/mol. The summed E-state index contributed by atoms with van der Waals surface area (Å²) in [6.07, 6.45) is 0. The van der Waals surface area contributed by atoms with Gasteiger partial charge in [-0.1, -0.05) is 158 Å². The molecule has 0 aliphatic carbocycles. The van der Waals surface area contributed by atoms with E-state index in [9.17, 15) is 0 Å². The summed E-state index contributed by atoms with van der Waals surface area (Å²) >= 11 is 0. The van der Waals surface area contributed by atoms with E-state index in [1.807, 2.05) is 0 Å². The second kappa shape index (κ2) is 12.5. The number of furan rings is 1. The molecule has 0 amide bonds. The highest BCUT2D eigenvalue weighted by atomic mass is 16.3. The molecular formula is C50H33NO. The molecule has 1 heterocycles. The van der Waals surface area contributed by atoms with Crippen LogP contribution < -0.4 is 4.90 Å². The van der Waals surface area contributed by atoms with Gasteiger partial charge in [0.2, 0.25) is 0 Å². The Morgan fingerprint density at radius 1 is 0.327 bits per heavy atom. The van der Waals surface area contributed by atoms with Gasteiger partial charge in [-0.25, -0.2) is 0 Å². The third kappa shape index (κ3) is 5.12. The van der Waals surface area contributed by atoms with Crippen molar-refractivity contribution in [1.29, 1.82) is 0 Å². The monoisotopic (exact) mass is 663 g/mol. The number of hydrogen-bond acceptors (Lipinski definition) is 2. The zero-order chi connectivity index (χ0) is 34.4. The topological polar surface area (TPSA) is 16.4 Å². The fourth-order valence-electron chi connectivity index (χ4n) is 7.74. The zero-order valence-electron chi connectivity index (χ0n) is 28.4. The van der Waals surface area contributed by atoms with Crippen LogP contribution in [0.25, 0.3) is 76.9 Å². The van der Waals surface area contributed by atoms with E-state index in [-0.39, 0.29) is 0 Å². The van der Waals surface area contributed by atoms with E-state index in [0.717, 1.165) is 39.0 Å². The first-order valence-electron chi connectivity index (χ1n) is 17.8. The van der Waals surface area contributed by atoms with Crippen molar-refractivity contribution >= 4 is 60.5 Å². The Bertz CT molecular complexity index is 2880. The number of rotatable bonds is 6. The van der Waals surface area contributed by atoms with E-state index in [1.165, 1.54) is 54.9 Å². The summed E-state index contributed by atoms with van der Waals surface area (Å²) in [5.74, 6) is 0. The van der Waals surface area contributed by atoms with Crippen molar-refractivity contribution in [3.8, 4) is 33.4 Å². The molecule has 0 N–H and O–H groups in total. The first-order chi connectivity index (χ1) is 25.8. The van der Waals surface area contributed by atoms with Crippen molar-refractivity contribution in [1.82, 2.24) is 0 Å². The van der Waals surface area contributed by atoms with Crippen LogP contribution in [0.4, 0.5) is 17.1 Å². The van der Waals surface area contributed by atoms with E-state index in [1.54, 1.807) is 0 Å². The lowest BCUT2D eigenvalue weighted by Crippen LogP contribution is -2.10. The Hall–Kier alpha value is -6.90. The molecule has 2 heteroatoms. The van der Waals surface area contributed by atoms with Crippen LogP contribution in [0.1, 0.15) is 0 Å². The summed E-state index contributed by atoms with van der Waals surface area (Å²) in [7, 11) is 0. The third-order valence-electron chi connectivity index (χ3n) is 10.2. The van der Waals surface area contributed by atoms with Crippen molar-refractivity contribution in [3.05, 3.63) is 200 Å². The van der Waals surface area contributed by atoms with Crippen LogP contribution in [-0.2, 0) is 0 Å². The summed E-state index contributed by atoms with van der Waals surface area (Å²) < 4.78 is 6.82. The minimum Gasteiger partial charge on any atom is -0.454 e. The molecule has 0 fully saturated rings. The molecule has 0 saturated carbocycles. The molecule has 0 aliphatic rings. The summed E-state index contributed by atoms with van der Waals surface area (Å²) in [6, 6.07) is 71.6. The molecule has 2 nitrogen and oxygen atoms in total. The van der Waals surface area contributed by atoms with Gasteiger partial charge in [0.1, 0.15) is 5.58 Å². The molecule has 0 saturated heterocycles. The highest BCUT2D eigenvalue weighted by Crippen LogP contribution is 2.45. The van der Waals surface area contributed by atoms with E-state index in [4.69, 9.17) is 4.42 Å². The summed E-state index contributed by atoms with van der Waals surface area (Å²) in [5, 5.41) is 7.07. The van der Waals surface area contributed by atoms with E-state index in [0.29, 0.717) is 0 Å². The SMILES string of the molecule is c1ccc(-c2ccc(N(c3ccc(-c4cccc5ccccc45)cc3)c3cccc4c3oc3cc5ccccc5cc34)cc2-c2ccccc2)cc1. The van der Waals surface area contributed by atoms with Crippen molar-refractivity contribution < 1.29 is 4.42 Å². The molecule has 1 aromatic heterocycles. The average Bonchev–Trinajstić information content (AvgIpc) is 3.59. The number of benzene rings is 9. The van der Waals surface area contributed by atoms with Crippen molar-refractivity contribution in [3.63, 3.8) is 0 Å². The molecule has 0 radical (unpaired) electrons. The Kier molecular flexibility index (Phi) is 7.18. The van der Waals surface area contributed by atoms with Crippen LogP contribution in [-0.4, -0.2) is 0 Å². The van der Waals surface area contributed by atoms with Crippen LogP contribution >= 0.6 is 0 Å². The van der Waals surface area contributed by atoms with Gasteiger partial charge in [0.05, 0.1) is 5.69 Å². The lowest BCUT2D eigenvalue weighted by Gasteiger charge is -2.27. The lowest BCUT2D eigenvalue weighted by molar-refractivity contribution is 0.669. The Morgan fingerprint density at radius 3 is 1.67 bits per heavy atom. The van der Waals surface area contributed by atoms with Crippen LogP contribution in [0, 0.1) is 0 Å². The Labute approximate surface area is 302 Å². The Balaban J connectivity index is 1.20. The summed E-state index contributed by atoms with van der Waals surface area (Å²) in [6.45, 7) is 0. The van der Waals surface area contributed by atoms with E-state index in [2.05, 4.69) is 205 Å². The normalized spacial score (nSPS) is 11.5. The molecule has 10 aromatic rings. The van der Waals surface area contributed by atoms with Crippen LogP contribution in [0.15, 0.2) is 205 Å². The minimum atomic E-state index is 0.860. The van der Waals surface area contributed by atoms with Crippen LogP contribution in [0.5, 0.6) is 0 Å². The standard InChI is InChI=1S/C50H33NO/c1-3-13-34(14-4-1)44-30-29-41(33-46(44)36-15-5-2-6-16-36)51(40-27-25-37(26-28-40)43-22-11-20-35-17-9-10-21-42(35)43)48-24-12-23-45-47-31-38-18-7-8-19-39(38)32-49(47)52-50(45)48/h1-33H. The quantitative estimate of drug-likeness (QED) is 0.176. The largest absolute Gasteiger partial charge is 0.454 e. The van der Waals surface area contributed by atoms with Gasteiger partial charge in [-0.05, 0) is 97.4 Å². The summed E-state index contributed by atoms with van der Waals surface area (Å²) in [4.78, 5) is 2.35. The Morgan fingerprint density at radius 2 is 0.904 bits per heavy atom. The first kappa shape index (κ1) is 30.0. The number of fused-ring (bicyclic) bond motifs is 5. The lowest BCUT2D eigenvalue weighted by atomic mass is 9.93. The van der Waals surface area contributed by atoms with Gasteiger partial charge in [-0.2, -0.15) is 0 Å². The molecule has 0 unspecified atom stereocenters. The van der Waals surface area contributed by atoms with Gasteiger partial charge >= 0.3 is 0 Å². The van der Waals surface area contributed by atoms with Crippen molar-refractivity contribution in [2.24, 2.45) is 0 Å². The van der Waals surface area contributed by atoms with Crippen molar-refractivity contribution in [2.45, 2.75) is 0 Å². The number of hydrogen-bond donors (Lipinski definition) is 0. The van der Waals surface area contributed by atoms with Gasteiger partial charge in [0, 0.05) is 22.1 Å². The highest BCUT2D eigenvalue weighted by molar-refractivity contribution is 6.14. The highest BCUT2D eigenvalue weighted by Gasteiger charge is 2.21. The van der Waals surface area contributed by atoms with Gasteiger partial charge in [-0.3, -0.25) is 0 Å². The van der Waals surface area contributed by atoms with Gasteiger partial charge in [-0.15, -0.1) is 0 Å². The molecule has 9 aromatic carbocycles. The summed E-state index contributed by atoms with van der Waals surface area (Å²) in [5.41, 5.74) is 12.0. The molecule has 244 valence electrons. The minimum absolute atomic E-state index is 0.860. The third-order valence-corrected chi connectivity index (χ3v) is 10.2. The number of nitrogens with zero attached hydrogens (tertiary/aromatic N) is 1. The fraction of sp³-hybridized carbons (Fsp3) is 0. The second-order valence-electron chi connectivity index (χ2n) is 13.3. The maximum Gasteiger partial charge on any atom is 0.159 e. The maximum atomic E-state index is 6.82. The molecule has 10 rings (SSSR count). The zero-order valence-corrected chi connectivity index (χ0v) is 28.4. The first-order valence-corrected chi connectivity index (χ1v) is 17.8. The molecule has 52 heavy (non-hydrogen) atoms. The van der Waals surface area contributed by atoms with Crippen molar-refractivity contribution in [2.75, 3.05) is 4.90 Å². The van der Waals surface area contributed by atoms with Crippen LogP contribution in [0.3, 0.4) is 0 Å². The van der Waals surface area contributed by atoms with E-state index < -0.39 is 0 Å². The maximum absolute atomic E-state index is 6.82. The smallest absolute Gasteiger partial charge is 0.159 e. The average molecular weight is 664 g/mol. The van der Waals surface area contributed by atoms with Gasteiger partial charge < -0.3 is 9.32 Å². The molecule has 0 spiro atoms. The fourth-order valence-corrected chi connectivity index (χ4v) is 7.74. The molecule has 0 atom stereocenters. The molecule has 0 aliphatic heterocycles. The van der Waals surface area contributed by atoms with Gasteiger partial charge in [0.15, 0.2) is 5.58 Å². The number of anilines is 3. The van der Waals surface area contributed by atoms with Gasteiger partial charge in [0.25, 0.3) is 0 Å². The molecular weight excluding hydrogens is 631 g/mol. The second-order valence-corrected chi connectivity index (χ2v) is 13.3. The predicted octanol–water partition coefficient (Wildman–Crippen LogP) is 14.4. The number of para-hydroxylation sites is 1. The molecule has 0 bridgehead atoms. The van der Waals surface area contributed by atoms with E-state index >= 15 is 0 Å².